The fourth-order valence-corrected chi connectivity index (χ4v) is 4.98. The monoisotopic (exact) mass is 593 g/mol. The molecule has 3 atom stereocenters. The minimum Gasteiger partial charge on any atom is -0.461 e. The number of H-pyrrole nitrogens is 1. The highest BCUT2D eigenvalue weighted by Crippen LogP contribution is 2.23. The lowest BCUT2D eigenvalue weighted by atomic mass is 9.91. The van der Waals surface area contributed by atoms with Crippen molar-refractivity contribution < 1.29 is 33.8 Å². The van der Waals surface area contributed by atoms with Gasteiger partial charge in [0.1, 0.15) is 6.04 Å². The summed E-state index contributed by atoms with van der Waals surface area (Å²) >= 11 is 0. The summed E-state index contributed by atoms with van der Waals surface area (Å²) in [6.45, 7) is 4.69. The van der Waals surface area contributed by atoms with Gasteiger partial charge in [-0.3, -0.25) is 14.4 Å². The lowest BCUT2D eigenvalue weighted by Gasteiger charge is -2.29. The number of aliphatic hydroxyl groups is 1. The molecule has 3 amide bonds. The molecule has 3 aromatic rings. The number of aliphatic hydroxyl groups excluding tert-OH is 1. The number of aromatic amines is 1. The Morgan fingerprint density at radius 3 is 2.51 bits per heavy atom. The standard InChI is InChI=1S/C31H39N5O7/c1-20(2)43-31(41)27(37)18-33-30(40)26(16-24-17-32-19-34-24)35-29(39)23(15-28(38)36-10-12-42-13-11-36)14-22-8-5-7-21-6-3-4-9-25(21)22/h3-9,17,19-20,23,26-27,37H,10-16,18H2,1-2H3,(H,32,34)(H,33,40)(H,35,39)/t23-,26+,27+/m1/s1. The predicted octanol–water partition coefficient (Wildman–Crippen LogP) is 1.13. The summed E-state index contributed by atoms with van der Waals surface area (Å²) in [6.07, 6.45) is 1.31. The van der Waals surface area contributed by atoms with Crippen LogP contribution in [0.1, 0.15) is 31.5 Å². The van der Waals surface area contributed by atoms with Crippen LogP contribution in [0.5, 0.6) is 0 Å². The number of carbonyl (C=O) groups is 4. The normalized spacial score (nSPS) is 15.5. The maximum atomic E-state index is 13.9. The molecule has 1 fully saturated rings. The SMILES string of the molecule is CC(C)OC(=O)[C@@H](O)CNC(=O)[C@H](Cc1cnc[nH]1)NC(=O)[C@@H](CC(=O)N1CCOCC1)Cc1cccc2ccccc12. The highest BCUT2D eigenvalue weighted by atomic mass is 16.6. The summed E-state index contributed by atoms with van der Waals surface area (Å²) < 4.78 is 10.4. The van der Waals surface area contributed by atoms with E-state index in [0.29, 0.717) is 32.0 Å². The molecule has 230 valence electrons. The van der Waals surface area contributed by atoms with Crippen LogP contribution in [-0.2, 0) is 41.5 Å². The van der Waals surface area contributed by atoms with Crippen LogP contribution in [0.2, 0.25) is 0 Å². The van der Waals surface area contributed by atoms with Gasteiger partial charge in [-0.2, -0.15) is 0 Å². The van der Waals surface area contributed by atoms with Crippen molar-refractivity contribution in [1.82, 2.24) is 25.5 Å². The van der Waals surface area contributed by atoms with Crippen molar-refractivity contribution in [3.05, 3.63) is 66.2 Å². The van der Waals surface area contributed by atoms with Gasteiger partial charge in [0, 0.05) is 37.8 Å². The average Bonchev–Trinajstić information content (AvgIpc) is 3.52. The predicted molar refractivity (Wildman–Crippen MR) is 158 cm³/mol. The Bertz CT molecular complexity index is 1380. The van der Waals surface area contributed by atoms with Gasteiger partial charge in [0.2, 0.25) is 17.7 Å². The molecule has 0 unspecified atom stereocenters. The number of rotatable bonds is 13. The zero-order valence-electron chi connectivity index (χ0n) is 24.5. The van der Waals surface area contributed by atoms with Gasteiger partial charge in [-0.1, -0.05) is 42.5 Å². The third-order valence-corrected chi connectivity index (χ3v) is 7.21. The number of morpholine rings is 1. The van der Waals surface area contributed by atoms with Crippen LogP contribution in [0.15, 0.2) is 55.0 Å². The Balaban J connectivity index is 1.53. The molecule has 12 nitrogen and oxygen atoms in total. The number of nitrogens with zero attached hydrogens (tertiary/aromatic N) is 2. The van der Waals surface area contributed by atoms with E-state index < -0.39 is 48.5 Å². The lowest BCUT2D eigenvalue weighted by Crippen LogP contribution is -2.52. The minimum absolute atomic E-state index is 0.0484. The Morgan fingerprint density at radius 1 is 1.05 bits per heavy atom. The largest absolute Gasteiger partial charge is 0.461 e. The first kappa shape index (κ1) is 31.6. The Hall–Kier alpha value is -4.29. The van der Waals surface area contributed by atoms with E-state index in [2.05, 4.69) is 20.6 Å². The number of fused-ring (bicyclic) bond motifs is 1. The minimum atomic E-state index is -1.57. The molecule has 1 aliphatic rings. The lowest BCUT2D eigenvalue weighted by molar-refractivity contribution is -0.157. The molecule has 0 radical (unpaired) electrons. The van der Waals surface area contributed by atoms with Gasteiger partial charge in [-0.15, -0.1) is 0 Å². The van der Waals surface area contributed by atoms with E-state index in [1.54, 1.807) is 18.7 Å². The maximum absolute atomic E-state index is 13.9. The van der Waals surface area contributed by atoms with Crippen LogP contribution in [0, 0.1) is 5.92 Å². The van der Waals surface area contributed by atoms with Gasteiger partial charge < -0.3 is 35.1 Å². The molecule has 0 saturated carbocycles. The zero-order chi connectivity index (χ0) is 30.8. The number of aromatic nitrogens is 2. The number of hydrogen-bond donors (Lipinski definition) is 4. The molecule has 12 heteroatoms. The van der Waals surface area contributed by atoms with Gasteiger partial charge in [-0.25, -0.2) is 9.78 Å². The number of hydrogen-bond acceptors (Lipinski definition) is 8. The first-order valence-electron chi connectivity index (χ1n) is 14.5. The number of carbonyl (C=O) groups excluding carboxylic acids is 4. The van der Waals surface area contributed by atoms with Gasteiger partial charge in [0.15, 0.2) is 6.10 Å². The molecule has 1 aromatic heterocycles. The van der Waals surface area contributed by atoms with Crippen LogP contribution in [-0.4, -0.2) is 94.8 Å². The van der Waals surface area contributed by atoms with E-state index in [1.165, 1.54) is 12.5 Å². The third kappa shape index (κ3) is 9.10. The number of esters is 1. The molecule has 4 N–H and O–H groups in total. The maximum Gasteiger partial charge on any atom is 0.337 e. The molecule has 4 rings (SSSR count). The van der Waals surface area contributed by atoms with Gasteiger partial charge in [0.05, 0.1) is 38.1 Å². The van der Waals surface area contributed by atoms with E-state index in [-0.39, 0.29) is 25.2 Å². The molecular formula is C31H39N5O7. The first-order chi connectivity index (χ1) is 20.7. The van der Waals surface area contributed by atoms with Crippen molar-refractivity contribution in [3.63, 3.8) is 0 Å². The third-order valence-electron chi connectivity index (χ3n) is 7.21. The fraction of sp³-hybridized carbons (Fsp3) is 0.452. The second-order valence-electron chi connectivity index (χ2n) is 10.8. The zero-order valence-corrected chi connectivity index (χ0v) is 24.5. The molecule has 1 saturated heterocycles. The van der Waals surface area contributed by atoms with Crippen LogP contribution in [0.3, 0.4) is 0 Å². The van der Waals surface area contributed by atoms with Crippen LogP contribution in [0.25, 0.3) is 10.8 Å². The highest BCUT2D eigenvalue weighted by molar-refractivity contribution is 5.92. The highest BCUT2D eigenvalue weighted by Gasteiger charge is 2.31. The van der Waals surface area contributed by atoms with Crippen LogP contribution >= 0.6 is 0 Å². The van der Waals surface area contributed by atoms with E-state index in [0.717, 1.165) is 16.3 Å². The van der Waals surface area contributed by atoms with E-state index in [9.17, 15) is 24.3 Å². The fourth-order valence-electron chi connectivity index (χ4n) is 4.98. The molecule has 1 aliphatic heterocycles. The summed E-state index contributed by atoms with van der Waals surface area (Å²) in [5.41, 5.74) is 1.50. The first-order valence-corrected chi connectivity index (χ1v) is 14.5. The van der Waals surface area contributed by atoms with Crippen LogP contribution < -0.4 is 10.6 Å². The summed E-state index contributed by atoms with van der Waals surface area (Å²) in [4.78, 5) is 61.0. The Kier molecular flexibility index (Phi) is 11.2. The van der Waals surface area contributed by atoms with Gasteiger partial charge >= 0.3 is 5.97 Å². The topological polar surface area (TPSA) is 163 Å². The van der Waals surface area contributed by atoms with Crippen molar-refractivity contribution >= 4 is 34.5 Å². The second-order valence-corrected chi connectivity index (χ2v) is 10.8. The Labute approximate surface area is 250 Å². The van der Waals surface area contributed by atoms with Gasteiger partial charge in [-0.05, 0) is 36.6 Å². The number of amides is 3. The number of ether oxygens (including phenoxy) is 2. The smallest absolute Gasteiger partial charge is 0.337 e. The molecular weight excluding hydrogens is 554 g/mol. The summed E-state index contributed by atoms with van der Waals surface area (Å²) in [5.74, 6) is -2.87. The molecule has 2 heterocycles. The molecule has 43 heavy (non-hydrogen) atoms. The molecule has 2 aromatic carbocycles. The molecule has 0 spiro atoms. The number of benzene rings is 2. The van der Waals surface area contributed by atoms with E-state index >= 15 is 0 Å². The number of imidazole rings is 1. The summed E-state index contributed by atoms with van der Waals surface area (Å²) in [6, 6.07) is 12.6. The van der Waals surface area contributed by atoms with Crippen molar-refractivity contribution in [2.75, 3.05) is 32.8 Å². The quantitative estimate of drug-likeness (QED) is 0.214. The van der Waals surface area contributed by atoms with E-state index in [4.69, 9.17) is 9.47 Å². The number of nitrogens with one attached hydrogen (secondary N) is 3. The molecule has 0 bridgehead atoms. The van der Waals surface area contributed by atoms with Gasteiger partial charge in [0.25, 0.3) is 0 Å². The summed E-state index contributed by atoms with van der Waals surface area (Å²) in [7, 11) is 0. The van der Waals surface area contributed by atoms with Crippen molar-refractivity contribution in [2.24, 2.45) is 5.92 Å². The van der Waals surface area contributed by atoms with Crippen molar-refractivity contribution in [1.29, 1.82) is 0 Å². The molecule has 0 aliphatic carbocycles. The second kappa shape index (κ2) is 15.3. The van der Waals surface area contributed by atoms with Crippen molar-refractivity contribution in [2.45, 2.75) is 51.4 Å². The summed E-state index contributed by atoms with van der Waals surface area (Å²) in [5, 5.41) is 17.5. The van der Waals surface area contributed by atoms with Crippen molar-refractivity contribution in [3.8, 4) is 0 Å². The Morgan fingerprint density at radius 2 is 1.79 bits per heavy atom. The van der Waals surface area contributed by atoms with E-state index in [1.807, 2.05) is 42.5 Å². The van der Waals surface area contributed by atoms with Crippen LogP contribution in [0.4, 0.5) is 0 Å². The average molecular weight is 594 g/mol.